The summed E-state index contributed by atoms with van der Waals surface area (Å²) in [7, 11) is 1.29. The highest BCUT2D eigenvalue weighted by Crippen LogP contribution is 2.46. The number of likely N-dealkylation sites (tertiary alicyclic amines) is 1. The van der Waals surface area contributed by atoms with Gasteiger partial charge in [-0.3, -0.25) is 38.4 Å². The number of hydrogen-bond donors (Lipinski definition) is 4. The summed E-state index contributed by atoms with van der Waals surface area (Å²) in [4.78, 5) is 95.8. The molecule has 0 radical (unpaired) electrons. The summed E-state index contributed by atoms with van der Waals surface area (Å²) in [5, 5.41) is 25.7. The van der Waals surface area contributed by atoms with Crippen molar-refractivity contribution >= 4 is 41.4 Å². The number of fused-ring (bicyclic) bond motifs is 10. The fourth-order valence-electron chi connectivity index (χ4n) is 7.91. The maximum Gasteiger partial charge on any atom is 0.329 e. The predicted octanol–water partition coefficient (Wildman–Crippen LogP) is -1.26. The van der Waals surface area contributed by atoms with Gasteiger partial charge in [-0.2, -0.15) is 10.1 Å². The third-order valence-electron chi connectivity index (χ3n) is 11.0. The minimum atomic E-state index is -1.09. The molecule has 0 aromatic heterocycles. The molecule has 8 atom stereocenters. The van der Waals surface area contributed by atoms with Crippen LogP contribution in [0, 0.1) is 29.1 Å². The molecule has 5 saturated heterocycles. The molecule has 0 spiro atoms. The first-order valence-electron chi connectivity index (χ1n) is 20.5. The van der Waals surface area contributed by atoms with Crippen molar-refractivity contribution in [2.75, 3.05) is 73.0 Å². The molecule has 4 bridgehead atoms. The van der Waals surface area contributed by atoms with Crippen LogP contribution in [0.4, 0.5) is 0 Å². The first-order valence-corrected chi connectivity index (χ1v) is 19.4. The number of ether oxygens (including phenoxy) is 4. The molecule has 7 heterocycles. The SMILES string of the molecule is O=C(O)COCCON1C(=O)C2C3C=CC(O3)C2C1=O.[3H]CC1(CO)CCN(C(=O)CCCCCNC(=O)COCCON2C(=O)C3C4C=CC(O4)C3C2=O)CC1.[3H]OC. The maximum atomic E-state index is 12.4. The van der Waals surface area contributed by atoms with Gasteiger partial charge in [0.15, 0.2) is 0 Å². The normalized spacial score (nSPS) is 29.8. The van der Waals surface area contributed by atoms with Crippen molar-refractivity contribution in [2.24, 2.45) is 29.1 Å². The number of aliphatic hydroxyl groups is 2. The maximum absolute atomic E-state index is 12.4. The lowest BCUT2D eigenvalue weighted by molar-refractivity contribution is -0.196. The average Bonchev–Trinajstić information content (AvgIpc) is 4.11. The molecule has 20 heteroatoms. The van der Waals surface area contributed by atoms with Crippen molar-refractivity contribution in [1.82, 2.24) is 20.3 Å². The second kappa shape index (κ2) is 20.7. The van der Waals surface area contributed by atoms with E-state index in [0.717, 1.165) is 29.4 Å². The van der Waals surface area contributed by atoms with Crippen molar-refractivity contribution in [2.45, 2.75) is 69.8 Å². The Balaban J connectivity index is 0.000000248. The van der Waals surface area contributed by atoms with E-state index in [2.05, 4.69) is 10.4 Å². The first-order chi connectivity index (χ1) is 28.9. The molecule has 0 aromatic carbocycles. The Kier molecular flexibility index (Phi) is 15.0. The van der Waals surface area contributed by atoms with Gasteiger partial charge in [-0.1, -0.05) is 37.6 Å². The number of amides is 6. The van der Waals surface area contributed by atoms with Gasteiger partial charge in [0.25, 0.3) is 23.6 Å². The van der Waals surface area contributed by atoms with Crippen molar-refractivity contribution in [3.8, 4) is 0 Å². The van der Waals surface area contributed by atoms with Crippen molar-refractivity contribution in [3.05, 3.63) is 24.3 Å². The molecule has 6 amide bonds. The van der Waals surface area contributed by atoms with Gasteiger partial charge in [0.2, 0.25) is 13.2 Å². The molecule has 5 fully saturated rings. The summed E-state index contributed by atoms with van der Waals surface area (Å²) in [5.41, 5.74) is -0.357. The fourth-order valence-corrected chi connectivity index (χ4v) is 7.91. The molecule has 4 N–H and O–H groups in total. The van der Waals surface area contributed by atoms with Crippen LogP contribution < -0.4 is 5.32 Å². The highest BCUT2D eigenvalue weighted by atomic mass is 16.7. The van der Waals surface area contributed by atoms with Crippen LogP contribution in [0.1, 0.15) is 46.8 Å². The van der Waals surface area contributed by atoms with E-state index < -0.39 is 59.9 Å². The number of carbonyl (C=O) groups excluding carboxylic acids is 6. The molecule has 8 unspecified atom stereocenters. The predicted molar refractivity (Wildman–Crippen MR) is 195 cm³/mol. The highest BCUT2D eigenvalue weighted by Gasteiger charge is 2.62. The van der Waals surface area contributed by atoms with Crippen LogP contribution in [0.3, 0.4) is 0 Å². The van der Waals surface area contributed by atoms with Gasteiger partial charge in [0.1, 0.15) is 13.2 Å². The van der Waals surface area contributed by atoms with E-state index in [1.807, 2.05) is 17.1 Å². The smallest absolute Gasteiger partial charge is 0.329 e. The summed E-state index contributed by atoms with van der Waals surface area (Å²) < 4.78 is 34.4. The average molecular weight is 827 g/mol. The Hall–Kier alpha value is -4.15. The Morgan fingerprint density at radius 2 is 1.26 bits per heavy atom. The van der Waals surface area contributed by atoms with E-state index in [1.54, 1.807) is 12.2 Å². The lowest BCUT2D eigenvalue weighted by Crippen LogP contribution is -2.43. The number of hydroxylamine groups is 4. The quantitative estimate of drug-likeness (QED) is 0.0673. The molecule has 20 nitrogen and oxygen atoms in total. The Labute approximate surface area is 338 Å². The Morgan fingerprint density at radius 1 is 0.793 bits per heavy atom. The van der Waals surface area contributed by atoms with Gasteiger partial charge in [-0.25, -0.2) is 4.79 Å². The highest BCUT2D eigenvalue weighted by molar-refractivity contribution is 6.06. The largest absolute Gasteiger partial charge is 0.480 e. The monoisotopic (exact) mass is 826 g/mol. The van der Waals surface area contributed by atoms with E-state index in [4.69, 9.17) is 36.5 Å². The van der Waals surface area contributed by atoms with Crippen LogP contribution in [-0.4, -0.2) is 171 Å². The number of carboxylic acids is 1. The number of imide groups is 2. The molecule has 0 saturated carbocycles. The number of aliphatic hydroxyl groups excluding tert-OH is 2. The Bertz CT molecular complexity index is 1560. The molecule has 58 heavy (non-hydrogen) atoms. The zero-order chi connectivity index (χ0) is 43.4. The second-order valence-electron chi connectivity index (χ2n) is 14.8. The molecule has 322 valence electrons. The number of hydrogen-bond acceptors (Lipinski definition) is 15. The van der Waals surface area contributed by atoms with Gasteiger partial charge >= 0.3 is 5.97 Å². The minimum Gasteiger partial charge on any atom is -0.480 e. The zero-order valence-corrected chi connectivity index (χ0v) is 32.4. The standard InChI is InChI=1S/C25H37N3O8.C12H13NO7.CH4O/c1-25(16-29)8-11-27(12-9-25)20(31)5-3-2-4-10-26-19(30)15-34-13-14-35-28-23(32)21-17-6-7-18(36-17)22(21)24(28)33;14-8(15)5-18-3-4-19-13-11(16)9-6-1-2-7(20-6)10(9)12(13)17;1-2/h6-7,17-18,21-22,29H,2-5,8-16H2,1H3,(H,26,30);1-2,6-7,9-10H,3-5H2,(H,14,15);2H,1H3/i1T;;2T. The third kappa shape index (κ3) is 10.3. The van der Waals surface area contributed by atoms with Crippen LogP contribution in [0.5, 0.6) is 0 Å². The van der Waals surface area contributed by atoms with Gasteiger partial charge in [-0.15, -0.1) is 0 Å². The summed E-state index contributed by atoms with van der Waals surface area (Å²) in [6, 6.07) is 0. The zero-order valence-electron chi connectivity index (χ0n) is 34.4. The van der Waals surface area contributed by atoms with Crippen LogP contribution in [0.2, 0.25) is 0 Å². The second-order valence-corrected chi connectivity index (χ2v) is 14.8. The molecule has 7 aliphatic heterocycles. The van der Waals surface area contributed by atoms with E-state index in [1.165, 1.54) is 7.11 Å². The van der Waals surface area contributed by atoms with E-state index in [-0.39, 0.29) is 88.2 Å². The third-order valence-corrected chi connectivity index (χ3v) is 11.0. The van der Waals surface area contributed by atoms with E-state index >= 15 is 0 Å². The number of rotatable bonds is 19. The topological polar surface area (TPSA) is 257 Å². The van der Waals surface area contributed by atoms with Crippen LogP contribution in [0.25, 0.3) is 0 Å². The molecule has 7 aliphatic rings. The molecular weight excluding hydrogens is 768 g/mol. The fraction of sp³-hybridized carbons (Fsp3) is 0.711. The van der Waals surface area contributed by atoms with Crippen molar-refractivity contribution < 1.29 is 78.9 Å². The van der Waals surface area contributed by atoms with E-state index in [0.29, 0.717) is 38.9 Å². The first kappa shape index (κ1) is 42.0. The molecule has 0 aliphatic carbocycles. The van der Waals surface area contributed by atoms with Crippen LogP contribution >= 0.6 is 0 Å². The van der Waals surface area contributed by atoms with Crippen LogP contribution in [0.15, 0.2) is 24.3 Å². The Morgan fingerprint density at radius 3 is 1.69 bits per heavy atom. The van der Waals surface area contributed by atoms with Crippen LogP contribution in [-0.2, 0) is 62.2 Å². The number of aliphatic carboxylic acids is 1. The summed E-state index contributed by atoms with van der Waals surface area (Å²) >= 11 is 0. The number of nitrogens with zero attached hydrogens (tertiary/aromatic N) is 3. The number of carbonyl (C=O) groups is 7. The number of nitrogens with one attached hydrogen (secondary N) is 1. The molecular formula is C38H54N4O16. The van der Waals surface area contributed by atoms with Gasteiger partial charge < -0.3 is 44.5 Å². The molecule has 0 aromatic rings. The number of carboxylic acid groups (broad SMARTS) is 1. The van der Waals surface area contributed by atoms with E-state index in [9.17, 15) is 38.7 Å². The van der Waals surface area contributed by atoms with Gasteiger partial charge in [0.05, 0.1) is 74.5 Å². The summed E-state index contributed by atoms with van der Waals surface area (Å²) in [5.74, 6) is -4.89. The summed E-state index contributed by atoms with van der Waals surface area (Å²) in [6.45, 7) is 1.22. The minimum absolute atomic E-state index is 0.000566. The lowest BCUT2D eigenvalue weighted by atomic mass is 9.81. The summed E-state index contributed by atoms with van der Waals surface area (Å²) in [6.07, 6.45) is 9.86. The number of unbranched alkanes of at least 4 members (excludes halogenated alkanes) is 2. The van der Waals surface area contributed by atoms with Crippen molar-refractivity contribution in [1.29, 1.82) is 1.43 Å². The van der Waals surface area contributed by atoms with Gasteiger partial charge in [0, 0.05) is 41.1 Å². The molecule has 7 rings (SSSR count). The van der Waals surface area contributed by atoms with Crippen molar-refractivity contribution in [3.63, 3.8) is 0 Å². The lowest BCUT2D eigenvalue weighted by Gasteiger charge is -2.38. The number of piperidine rings is 1. The van der Waals surface area contributed by atoms with Gasteiger partial charge in [-0.05, 0) is 31.1 Å².